The minimum Gasteiger partial charge on any atom is -0.365 e. The fourth-order valence-electron chi connectivity index (χ4n) is 3.21. The first-order valence-corrected chi connectivity index (χ1v) is 10.5. The van der Waals surface area contributed by atoms with E-state index in [1.165, 1.54) is 18.2 Å². The molecule has 0 saturated carbocycles. The largest absolute Gasteiger partial charge is 0.365 e. The van der Waals surface area contributed by atoms with E-state index in [0.29, 0.717) is 31.3 Å². The SMILES string of the molecule is CN=C(NCCS(=O)c1ccccc1)NC1CCN(c2c(F)cccc2F)C1. The number of hydrogen-bond acceptors (Lipinski definition) is 3. The highest BCUT2D eigenvalue weighted by Gasteiger charge is 2.27. The second kappa shape index (κ2) is 9.64. The summed E-state index contributed by atoms with van der Waals surface area (Å²) in [5.74, 6) is -0.0499. The molecule has 0 aromatic heterocycles. The molecule has 1 heterocycles. The van der Waals surface area contributed by atoms with Crippen LogP contribution in [0.5, 0.6) is 0 Å². The van der Waals surface area contributed by atoms with Crippen molar-refractivity contribution in [3.05, 3.63) is 60.2 Å². The summed E-state index contributed by atoms with van der Waals surface area (Å²) in [6.07, 6.45) is 0.740. The van der Waals surface area contributed by atoms with Crippen LogP contribution in [-0.2, 0) is 10.8 Å². The number of hydrogen-bond donors (Lipinski definition) is 2. The second-order valence-corrected chi connectivity index (χ2v) is 8.08. The van der Waals surface area contributed by atoms with Crippen molar-refractivity contribution < 1.29 is 13.0 Å². The Morgan fingerprint density at radius 3 is 2.57 bits per heavy atom. The first kappa shape index (κ1) is 20.3. The number of guanidine groups is 1. The van der Waals surface area contributed by atoms with Crippen LogP contribution in [-0.4, -0.2) is 48.6 Å². The van der Waals surface area contributed by atoms with Crippen LogP contribution in [0, 0.1) is 11.6 Å². The Hall–Kier alpha value is -2.48. The van der Waals surface area contributed by atoms with Gasteiger partial charge in [0.25, 0.3) is 0 Å². The molecule has 1 saturated heterocycles. The van der Waals surface area contributed by atoms with Gasteiger partial charge in [0.05, 0.1) is 10.8 Å². The molecule has 8 heteroatoms. The molecule has 28 heavy (non-hydrogen) atoms. The smallest absolute Gasteiger partial charge is 0.191 e. The molecule has 0 radical (unpaired) electrons. The van der Waals surface area contributed by atoms with Crippen molar-refractivity contribution in [2.45, 2.75) is 17.4 Å². The van der Waals surface area contributed by atoms with E-state index in [-0.39, 0.29) is 11.7 Å². The molecular formula is C20H24F2N4OS. The van der Waals surface area contributed by atoms with Crippen LogP contribution in [0.2, 0.25) is 0 Å². The lowest BCUT2D eigenvalue weighted by molar-refractivity contribution is 0.576. The van der Waals surface area contributed by atoms with E-state index in [2.05, 4.69) is 15.6 Å². The number of anilines is 1. The molecule has 2 atom stereocenters. The van der Waals surface area contributed by atoms with Gasteiger partial charge >= 0.3 is 0 Å². The van der Waals surface area contributed by atoms with Gasteiger partial charge in [-0.15, -0.1) is 0 Å². The molecule has 1 aliphatic heterocycles. The highest BCUT2D eigenvalue weighted by molar-refractivity contribution is 7.85. The van der Waals surface area contributed by atoms with Crippen LogP contribution in [0.15, 0.2) is 58.4 Å². The molecule has 2 N–H and O–H groups in total. The summed E-state index contributed by atoms with van der Waals surface area (Å²) in [5, 5.41) is 6.42. The van der Waals surface area contributed by atoms with Crippen molar-refractivity contribution in [1.82, 2.24) is 10.6 Å². The monoisotopic (exact) mass is 406 g/mol. The summed E-state index contributed by atoms with van der Waals surface area (Å²) in [5.41, 5.74) is 0.0213. The van der Waals surface area contributed by atoms with Crippen molar-refractivity contribution in [1.29, 1.82) is 0 Å². The van der Waals surface area contributed by atoms with Crippen molar-refractivity contribution in [2.24, 2.45) is 4.99 Å². The number of aliphatic imine (C=N–C) groups is 1. The maximum Gasteiger partial charge on any atom is 0.191 e. The van der Waals surface area contributed by atoms with Crippen LogP contribution >= 0.6 is 0 Å². The van der Waals surface area contributed by atoms with Crippen molar-refractivity contribution >= 4 is 22.4 Å². The standard InChI is InChI=1S/C20H24F2N4OS/c1-23-20(24-11-13-28(27)16-6-3-2-4-7-16)25-15-10-12-26(14-15)19-17(21)8-5-9-18(19)22/h2-9,15H,10-14H2,1H3,(H2,23,24,25). The maximum absolute atomic E-state index is 14.0. The third-order valence-electron chi connectivity index (χ3n) is 4.59. The number of nitrogens with zero attached hydrogens (tertiary/aromatic N) is 2. The molecule has 0 bridgehead atoms. The molecule has 1 aliphatic rings. The van der Waals surface area contributed by atoms with Crippen molar-refractivity contribution in [3.8, 4) is 0 Å². The van der Waals surface area contributed by atoms with E-state index >= 15 is 0 Å². The molecule has 2 aromatic carbocycles. The molecule has 0 spiro atoms. The van der Waals surface area contributed by atoms with E-state index in [1.54, 1.807) is 11.9 Å². The van der Waals surface area contributed by atoms with Crippen LogP contribution in [0.25, 0.3) is 0 Å². The van der Waals surface area contributed by atoms with Gasteiger partial charge in [0.1, 0.15) is 17.3 Å². The number of rotatable bonds is 6. The van der Waals surface area contributed by atoms with Crippen molar-refractivity contribution in [2.75, 3.05) is 37.3 Å². The van der Waals surface area contributed by atoms with Gasteiger partial charge in [-0.25, -0.2) is 8.78 Å². The minimum absolute atomic E-state index is 0.0184. The third-order valence-corrected chi connectivity index (χ3v) is 5.97. The Bertz CT molecular complexity index is 827. The fourth-order valence-corrected chi connectivity index (χ4v) is 4.20. The zero-order chi connectivity index (χ0) is 19.9. The van der Waals surface area contributed by atoms with Gasteiger partial charge < -0.3 is 15.5 Å². The predicted molar refractivity (Wildman–Crippen MR) is 109 cm³/mol. The topological polar surface area (TPSA) is 56.7 Å². The molecule has 1 fully saturated rings. The first-order chi connectivity index (χ1) is 13.6. The van der Waals surface area contributed by atoms with E-state index in [9.17, 15) is 13.0 Å². The highest BCUT2D eigenvalue weighted by atomic mass is 32.2. The molecular weight excluding hydrogens is 382 g/mol. The average molecular weight is 407 g/mol. The first-order valence-electron chi connectivity index (χ1n) is 9.18. The minimum atomic E-state index is -1.08. The molecule has 2 aromatic rings. The third kappa shape index (κ3) is 5.07. The van der Waals surface area contributed by atoms with Crippen LogP contribution in [0.4, 0.5) is 14.5 Å². The van der Waals surface area contributed by atoms with Gasteiger partial charge in [-0.2, -0.15) is 0 Å². The van der Waals surface area contributed by atoms with Crippen LogP contribution in [0.1, 0.15) is 6.42 Å². The lowest BCUT2D eigenvalue weighted by atomic mass is 10.2. The molecule has 150 valence electrons. The Balaban J connectivity index is 1.48. The summed E-state index contributed by atoms with van der Waals surface area (Å²) in [4.78, 5) is 6.69. The summed E-state index contributed by atoms with van der Waals surface area (Å²) < 4.78 is 40.2. The molecule has 0 amide bonds. The maximum atomic E-state index is 14.0. The van der Waals surface area contributed by atoms with Gasteiger partial charge in [-0.05, 0) is 30.7 Å². The number of benzene rings is 2. The molecule has 5 nitrogen and oxygen atoms in total. The molecule has 2 unspecified atom stereocenters. The predicted octanol–water partition coefficient (Wildman–Crippen LogP) is 2.52. The molecule has 0 aliphatic carbocycles. The Kier molecular flexibility index (Phi) is 6.97. The fraction of sp³-hybridized carbons (Fsp3) is 0.350. The number of nitrogens with one attached hydrogen (secondary N) is 2. The Labute approximate surface area is 166 Å². The lowest BCUT2D eigenvalue weighted by Gasteiger charge is -2.21. The van der Waals surface area contributed by atoms with E-state index in [4.69, 9.17) is 0 Å². The average Bonchev–Trinajstić information content (AvgIpc) is 3.15. The van der Waals surface area contributed by atoms with Crippen LogP contribution < -0.4 is 15.5 Å². The normalized spacial score (nSPS) is 18.2. The zero-order valence-corrected chi connectivity index (χ0v) is 16.5. The second-order valence-electron chi connectivity index (χ2n) is 6.51. The van der Waals surface area contributed by atoms with Gasteiger partial charge in [0.2, 0.25) is 0 Å². The van der Waals surface area contributed by atoms with Crippen molar-refractivity contribution in [3.63, 3.8) is 0 Å². The lowest BCUT2D eigenvalue weighted by Crippen LogP contribution is -2.45. The quantitative estimate of drug-likeness (QED) is 0.572. The van der Waals surface area contributed by atoms with E-state index in [0.717, 1.165) is 11.3 Å². The van der Waals surface area contributed by atoms with Gasteiger partial charge in [0, 0.05) is 43.4 Å². The summed E-state index contributed by atoms with van der Waals surface area (Å²) in [7, 11) is 0.581. The highest BCUT2D eigenvalue weighted by Crippen LogP contribution is 2.26. The number of halogens is 2. The summed E-state index contributed by atoms with van der Waals surface area (Å²) in [6.45, 7) is 1.54. The van der Waals surface area contributed by atoms with E-state index < -0.39 is 22.4 Å². The van der Waals surface area contributed by atoms with Gasteiger partial charge in [-0.3, -0.25) is 9.20 Å². The molecule has 3 rings (SSSR count). The van der Waals surface area contributed by atoms with Gasteiger partial charge in [0.15, 0.2) is 5.96 Å². The zero-order valence-electron chi connectivity index (χ0n) is 15.7. The summed E-state index contributed by atoms with van der Waals surface area (Å²) >= 11 is 0. The van der Waals surface area contributed by atoms with E-state index in [1.807, 2.05) is 30.3 Å². The van der Waals surface area contributed by atoms with Gasteiger partial charge in [-0.1, -0.05) is 24.3 Å². The Morgan fingerprint density at radius 1 is 1.18 bits per heavy atom. The van der Waals surface area contributed by atoms with Crippen LogP contribution in [0.3, 0.4) is 0 Å². The number of para-hydroxylation sites is 1. The Morgan fingerprint density at radius 2 is 1.89 bits per heavy atom. The summed E-state index contributed by atoms with van der Waals surface area (Å²) in [6, 6.07) is 13.2.